The van der Waals surface area contributed by atoms with E-state index in [1.54, 1.807) is 9.80 Å². The van der Waals surface area contributed by atoms with Crippen molar-refractivity contribution in [1.29, 1.82) is 0 Å². The Hall–Kier alpha value is -2.48. The molecule has 1 fully saturated rings. The first-order valence-corrected chi connectivity index (χ1v) is 12.0. The summed E-state index contributed by atoms with van der Waals surface area (Å²) in [6, 6.07) is 17.4. The van der Waals surface area contributed by atoms with Crippen LogP contribution in [0.25, 0.3) is 6.08 Å². The van der Waals surface area contributed by atoms with Crippen molar-refractivity contribution in [2.24, 2.45) is 0 Å². The zero-order valence-corrected chi connectivity index (χ0v) is 19.8. The average molecular weight is 469 g/mol. The van der Waals surface area contributed by atoms with Gasteiger partial charge in [0.15, 0.2) is 0 Å². The Morgan fingerprint density at radius 1 is 1.09 bits per heavy atom. The van der Waals surface area contributed by atoms with Crippen molar-refractivity contribution in [1.82, 2.24) is 4.90 Å². The molecule has 1 aliphatic heterocycles. The van der Waals surface area contributed by atoms with Gasteiger partial charge in [0.05, 0.1) is 11.5 Å². The Balaban J connectivity index is 1.46. The highest BCUT2D eigenvalue weighted by Crippen LogP contribution is 2.32. The van der Waals surface area contributed by atoms with Crippen LogP contribution in [0.5, 0.6) is 0 Å². The number of nitrogens with zero attached hydrogens (tertiary/aromatic N) is 2. The van der Waals surface area contributed by atoms with E-state index in [4.69, 9.17) is 12.2 Å². The molecule has 2 aromatic rings. The number of thioether (sulfide) groups is 1. The van der Waals surface area contributed by atoms with Gasteiger partial charge in [-0.1, -0.05) is 78.4 Å². The Bertz CT molecular complexity index is 974. The first-order valence-electron chi connectivity index (χ1n) is 10.8. The first kappa shape index (κ1) is 24.2. The van der Waals surface area contributed by atoms with Crippen molar-refractivity contribution in [3.8, 4) is 0 Å². The summed E-state index contributed by atoms with van der Waals surface area (Å²) in [5.74, 6) is -0.0493. The van der Waals surface area contributed by atoms with Crippen LogP contribution in [0.15, 0.2) is 59.5 Å². The molecule has 168 valence electrons. The second-order valence-corrected chi connectivity index (χ2v) is 9.33. The maximum Gasteiger partial charge on any atom is 0.266 e. The fraction of sp³-hybridized carbons (Fsp3) is 0.320. The Morgan fingerprint density at radius 3 is 2.50 bits per heavy atom. The largest absolute Gasteiger partial charge is 0.395 e. The number of anilines is 1. The third-order valence-corrected chi connectivity index (χ3v) is 6.59. The molecule has 1 saturated heterocycles. The minimum absolute atomic E-state index is 0.00288. The molecule has 5 nitrogen and oxygen atoms in total. The van der Waals surface area contributed by atoms with Gasteiger partial charge in [0.1, 0.15) is 4.32 Å². The molecule has 7 heteroatoms. The SMILES string of the molecule is Cc1ccc(C=C2SC(=S)N(CCCCCC(=O)N(CCO)c3ccccc3)C2=O)cc1. The molecule has 0 atom stereocenters. The summed E-state index contributed by atoms with van der Waals surface area (Å²) in [5, 5.41) is 9.30. The molecule has 0 aromatic heterocycles. The minimum Gasteiger partial charge on any atom is -0.395 e. The van der Waals surface area contributed by atoms with E-state index in [1.807, 2.05) is 67.6 Å². The summed E-state index contributed by atoms with van der Waals surface area (Å²) in [6.45, 7) is 2.80. The fourth-order valence-corrected chi connectivity index (χ4v) is 4.78. The summed E-state index contributed by atoms with van der Waals surface area (Å²) in [7, 11) is 0. The number of para-hydroxylation sites is 1. The second-order valence-electron chi connectivity index (χ2n) is 7.66. The van der Waals surface area contributed by atoms with E-state index in [2.05, 4.69) is 0 Å². The molecule has 1 N–H and O–H groups in total. The lowest BCUT2D eigenvalue weighted by atomic mass is 10.1. The van der Waals surface area contributed by atoms with Crippen LogP contribution in [0.3, 0.4) is 0 Å². The maximum absolute atomic E-state index is 12.7. The van der Waals surface area contributed by atoms with Crippen molar-refractivity contribution >= 4 is 51.9 Å². The Labute approximate surface area is 199 Å². The zero-order chi connectivity index (χ0) is 22.9. The van der Waals surface area contributed by atoms with Crippen molar-refractivity contribution in [2.45, 2.75) is 32.6 Å². The van der Waals surface area contributed by atoms with Gasteiger partial charge < -0.3 is 10.0 Å². The van der Waals surface area contributed by atoms with Gasteiger partial charge >= 0.3 is 0 Å². The summed E-state index contributed by atoms with van der Waals surface area (Å²) in [5.41, 5.74) is 2.96. The average Bonchev–Trinajstić information content (AvgIpc) is 3.06. The van der Waals surface area contributed by atoms with Gasteiger partial charge in [0.2, 0.25) is 5.91 Å². The summed E-state index contributed by atoms with van der Waals surface area (Å²) >= 11 is 6.75. The quantitative estimate of drug-likeness (QED) is 0.309. The molecule has 1 heterocycles. The number of benzene rings is 2. The minimum atomic E-state index is -0.0781. The van der Waals surface area contributed by atoms with E-state index in [1.165, 1.54) is 17.3 Å². The monoisotopic (exact) mass is 468 g/mol. The van der Waals surface area contributed by atoms with Gasteiger partial charge in [0, 0.05) is 25.2 Å². The van der Waals surface area contributed by atoms with Crippen molar-refractivity contribution in [2.75, 3.05) is 24.6 Å². The fourth-order valence-electron chi connectivity index (χ4n) is 3.47. The van der Waals surface area contributed by atoms with E-state index < -0.39 is 0 Å². The van der Waals surface area contributed by atoms with Gasteiger partial charge in [0.25, 0.3) is 5.91 Å². The zero-order valence-electron chi connectivity index (χ0n) is 18.2. The number of thiocarbonyl (C=S) groups is 1. The number of amides is 2. The highest BCUT2D eigenvalue weighted by molar-refractivity contribution is 8.26. The van der Waals surface area contributed by atoms with Crippen LogP contribution >= 0.6 is 24.0 Å². The van der Waals surface area contributed by atoms with E-state index in [9.17, 15) is 14.7 Å². The predicted molar refractivity (Wildman–Crippen MR) is 135 cm³/mol. The predicted octanol–water partition coefficient (Wildman–Crippen LogP) is 4.78. The normalized spacial score (nSPS) is 14.9. The molecule has 2 amide bonds. The van der Waals surface area contributed by atoms with Crippen LogP contribution in [-0.4, -0.2) is 45.8 Å². The standard InChI is InChI=1S/C25H28N2O3S2/c1-19-11-13-20(14-12-19)18-22-24(30)27(25(31)32-22)15-7-3-6-10-23(29)26(16-17-28)21-8-4-2-5-9-21/h2,4-5,8-9,11-14,18,28H,3,6-7,10,15-17H2,1H3. The molecule has 2 aromatic carbocycles. The van der Waals surface area contributed by atoms with Crippen LogP contribution in [0.2, 0.25) is 0 Å². The van der Waals surface area contributed by atoms with Crippen LogP contribution in [0.1, 0.15) is 36.8 Å². The first-order chi connectivity index (χ1) is 15.5. The van der Waals surface area contributed by atoms with Crippen molar-refractivity contribution in [3.05, 3.63) is 70.6 Å². The number of aryl methyl sites for hydroxylation is 1. The number of hydrogen-bond donors (Lipinski definition) is 1. The molecule has 1 aliphatic rings. The molecule has 0 unspecified atom stereocenters. The number of unbranched alkanes of at least 4 members (excludes halogenated alkanes) is 2. The van der Waals surface area contributed by atoms with E-state index in [0.29, 0.717) is 22.2 Å². The third-order valence-electron chi connectivity index (χ3n) is 5.21. The lowest BCUT2D eigenvalue weighted by Crippen LogP contribution is -2.33. The molecule has 0 bridgehead atoms. The second kappa shape index (κ2) is 11.9. The number of aliphatic hydroxyl groups excluding tert-OH is 1. The summed E-state index contributed by atoms with van der Waals surface area (Å²) < 4.78 is 0.586. The third kappa shape index (κ3) is 6.51. The molecule has 0 radical (unpaired) electrons. The number of carbonyl (C=O) groups excluding carboxylic acids is 2. The molecule has 0 saturated carbocycles. The summed E-state index contributed by atoms with van der Waals surface area (Å²) in [4.78, 5) is 29.3. The van der Waals surface area contributed by atoms with Crippen LogP contribution in [0, 0.1) is 6.92 Å². The van der Waals surface area contributed by atoms with E-state index in [-0.39, 0.29) is 25.0 Å². The highest BCUT2D eigenvalue weighted by atomic mass is 32.2. The van der Waals surface area contributed by atoms with Crippen LogP contribution < -0.4 is 4.90 Å². The summed E-state index contributed by atoms with van der Waals surface area (Å²) in [6.07, 6.45) is 4.61. The molecule has 3 rings (SSSR count). The van der Waals surface area contributed by atoms with Gasteiger partial charge in [-0.25, -0.2) is 0 Å². The van der Waals surface area contributed by atoms with Gasteiger partial charge in [-0.05, 0) is 43.5 Å². The molecular formula is C25H28N2O3S2. The van der Waals surface area contributed by atoms with Crippen LogP contribution in [-0.2, 0) is 9.59 Å². The molecule has 32 heavy (non-hydrogen) atoms. The van der Waals surface area contributed by atoms with Gasteiger partial charge in [-0.2, -0.15) is 0 Å². The molecule has 0 aliphatic carbocycles. The lowest BCUT2D eigenvalue weighted by Gasteiger charge is -2.22. The van der Waals surface area contributed by atoms with Gasteiger partial charge in [-0.3, -0.25) is 14.5 Å². The maximum atomic E-state index is 12.7. The number of aliphatic hydroxyl groups is 1. The Morgan fingerprint density at radius 2 is 1.81 bits per heavy atom. The van der Waals surface area contributed by atoms with Crippen LogP contribution in [0.4, 0.5) is 5.69 Å². The molecular weight excluding hydrogens is 440 g/mol. The van der Waals surface area contributed by atoms with Gasteiger partial charge in [-0.15, -0.1) is 0 Å². The smallest absolute Gasteiger partial charge is 0.266 e. The highest BCUT2D eigenvalue weighted by Gasteiger charge is 2.31. The number of hydrogen-bond acceptors (Lipinski definition) is 5. The Kier molecular flexibility index (Phi) is 9.02. The topological polar surface area (TPSA) is 60.9 Å². The van der Waals surface area contributed by atoms with E-state index >= 15 is 0 Å². The van der Waals surface area contributed by atoms with Crippen molar-refractivity contribution in [3.63, 3.8) is 0 Å². The van der Waals surface area contributed by atoms with E-state index in [0.717, 1.165) is 30.5 Å². The number of carbonyl (C=O) groups is 2. The van der Waals surface area contributed by atoms with Crippen molar-refractivity contribution < 1.29 is 14.7 Å². The lowest BCUT2D eigenvalue weighted by molar-refractivity contribution is -0.122. The number of rotatable bonds is 10. The molecule has 0 spiro atoms.